The van der Waals surface area contributed by atoms with Crippen molar-refractivity contribution in [2.45, 2.75) is 26.7 Å². The molecule has 0 saturated carbocycles. The van der Waals surface area contributed by atoms with E-state index in [1.807, 2.05) is 24.3 Å². The molecule has 6 heteroatoms. The van der Waals surface area contributed by atoms with Crippen molar-refractivity contribution in [2.24, 2.45) is 0 Å². The summed E-state index contributed by atoms with van der Waals surface area (Å²) in [5.41, 5.74) is 7.16. The Morgan fingerprint density at radius 3 is 1.19 bits per heavy atom. The van der Waals surface area contributed by atoms with E-state index in [9.17, 15) is 8.78 Å². The summed E-state index contributed by atoms with van der Waals surface area (Å²) in [7, 11) is 0. The summed E-state index contributed by atoms with van der Waals surface area (Å²) in [6.45, 7) is 6.82. The summed E-state index contributed by atoms with van der Waals surface area (Å²) in [6, 6.07) is 36.1. The van der Waals surface area contributed by atoms with E-state index < -0.39 is 17.4 Å². The Balaban J connectivity index is 0.00000202. The van der Waals surface area contributed by atoms with Crippen LogP contribution in [0.15, 0.2) is 139 Å². The Morgan fingerprint density at radius 2 is 0.857 bits per heavy atom. The third-order valence-electron chi connectivity index (χ3n) is 9.20. The van der Waals surface area contributed by atoms with Gasteiger partial charge in [-0.2, -0.15) is 0 Å². The van der Waals surface area contributed by atoms with Crippen molar-refractivity contribution in [2.75, 3.05) is 0 Å². The van der Waals surface area contributed by atoms with E-state index in [0.29, 0.717) is 0 Å². The molecule has 0 fully saturated rings. The van der Waals surface area contributed by atoms with Gasteiger partial charge in [0, 0.05) is 0 Å². The second-order valence-corrected chi connectivity index (χ2v) is 32.4. The fourth-order valence-electron chi connectivity index (χ4n) is 7.21. The second kappa shape index (κ2) is 12.5. The van der Waals surface area contributed by atoms with Gasteiger partial charge in [-0.25, -0.2) is 0 Å². The third kappa shape index (κ3) is 5.01. The Kier molecular flexibility index (Phi) is 9.65. The molecular weight excluding hydrogens is 661 g/mol. The van der Waals surface area contributed by atoms with E-state index in [0.717, 1.165) is 24.0 Å². The van der Waals surface area contributed by atoms with Crippen LogP contribution in [0, 0.1) is 11.6 Å². The Hall–Kier alpha value is -2.62. The van der Waals surface area contributed by atoms with Crippen LogP contribution in [0.25, 0.3) is 11.1 Å². The number of hydrogen-bond acceptors (Lipinski definition) is 0. The molecule has 4 aromatic rings. The van der Waals surface area contributed by atoms with Crippen molar-refractivity contribution in [3.8, 4) is 0 Å². The molecule has 0 spiro atoms. The molecule has 0 unspecified atom stereocenters. The quantitative estimate of drug-likeness (QED) is 0.178. The number of allylic oxidation sites excluding steroid dienone is 8. The molecule has 0 heterocycles. The molecule has 0 radical (unpaired) electrons. The molecule has 0 atom stereocenters. The van der Waals surface area contributed by atoms with E-state index in [4.69, 9.17) is 0 Å². The molecular formula is C36H34Cl2F2SiZr. The first-order valence-electron chi connectivity index (χ1n) is 13.8. The predicted octanol–water partition coefficient (Wildman–Crippen LogP) is 8.52. The average molecular weight is 695 g/mol. The molecule has 0 amide bonds. The van der Waals surface area contributed by atoms with Crippen molar-refractivity contribution < 1.29 is 26.2 Å². The van der Waals surface area contributed by atoms with Crippen LogP contribution in [0.3, 0.4) is 0 Å². The van der Waals surface area contributed by atoms with Crippen LogP contribution in [-0.4, -0.2) is 6.88 Å². The van der Waals surface area contributed by atoms with Crippen LogP contribution >= 0.6 is 24.8 Å². The molecule has 214 valence electrons. The van der Waals surface area contributed by atoms with Crippen LogP contribution in [0.4, 0.5) is 8.78 Å². The van der Waals surface area contributed by atoms with Crippen molar-refractivity contribution >= 4 is 49.4 Å². The molecule has 0 N–H and O–H groups in total. The minimum atomic E-state index is -4.50. The Labute approximate surface area is 262 Å². The molecule has 2 aliphatic carbocycles. The molecule has 42 heavy (non-hydrogen) atoms. The van der Waals surface area contributed by atoms with Crippen LogP contribution in [-0.2, 0) is 17.4 Å². The minimum absolute atomic E-state index is 0. The maximum Gasteiger partial charge on any atom is -0.147 e. The zero-order chi connectivity index (χ0) is 27.9. The molecule has 0 nitrogen and oxygen atoms in total. The van der Waals surface area contributed by atoms with Gasteiger partial charge in [0.2, 0.25) is 0 Å². The van der Waals surface area contributed by atoms with Gasteiger partial charge in [-0.3, -0.25) is 0 Å². The van der Waals surface area contributed by atoms with Crippen LogP contribution in [0.1, 0.15) is 37.8 Å². The monoisotopic (exact) mass is 692 g/mol. The van der Waals surface area contributed by atoms with Crippen LogP contribution in [0.2, 0.25) is 0 Å². The Bertz CT molecular complexity index is 1670. The van der Waals surface area contributed by atoms with E-state index in [1.165, 1.54) is 28.8 Å². The molecule has 4 aromatic carbocycles. The topological polar surface area (TPSA) is 0 Å². The summed E-state index contributed by atoms with van der Waals surface area (Å²) >= 11 is -4.50. The summed E-state index contributed by atoms with van der Waals surface area (Å²) in [5.74, 6) is -0.434. The van der Waals surface area contributed by atoms with E-state index in [-0.39, 0.29) is 36.4 Å². The number of halogens is 4. The zero-order valence-corrected chi connectivity index (χ0v) is 29.2. The second-order valence-electron chi connectivity index (χ2n) is 11.1. The fourth-order valence-corrected chi connectivity index (χ4v) is 32.0. The Morgan fingerprint density at radius 1 is 0.524 bits per heavy atom. The van der Waals surface area contributed by atoms with Crippen LogP contribution in [0.5, 0.6) is 0 Å². The standard InChI is InChI=1S/2C12H10F.2C6H5.2ClH.H2Si.Zr/c2*1-9-3-2-4-12(9)10-5-7-11(13)8-6-10;2*1-2-4-6-5-3-1;;;;/h2*4-8H,2H2,1H3;2*1-5H;2*1H;1H2;. The summed E-state index contributed by atoms with van der Waals surface area (Å²) in [5, 5.41) is 0. The van der Waals surface area contributed by atoms with E-state index in [2.05, 4.69) is 93.5 Å². The fraction of sp³-hybridized carbons (Fsp3) is 0.111. The predicted molar refractivity (Wildman–Crippen MR) is 179 cm³/mol. The van der Waals surface area contributed by atoms with Crippen molar-refractivity contribution in [3.05, 3.63) is 162 Å². The van der Waals surface area contributed by atoms with Crippen molar-refractivity contribution in [1.82, 2.24) is 0 Å². The first kappa shape index (κ1) is 32.3. The van der Waals surface area contributed by atoms with Gasteiger partial charge < -0.3 is 0 Å². The smallest absolute Gasteiger partial charge is 0.147 e. The number of rotatable bonds is 6. The average Bonchev–Trinajstić information content (AvgIpc) is 3.58. The summed E-state index contributed by atoms with van der Waals surface area (Å²) in [6.07, 6.45) is 6.45. The van der Waals surface area contributed by atoms with E-state index in [1.54, 1.807) is 30.8 Å². The third-order valence-corrected chi connectivity index (χ3v) is 36.4. The van der Waals surface area contributed by atoms with E-state index >= 15 is 0 Å². The first-order chi connectivity index (χ1) is 19.3. The normalized spacial score (nSPS) is 15.2. The summed E-state index contributed by atoms with van der Waals surface area (Å²) < 4.78 is 33.6. The van der Waals surface area contributed by atoms with Gasteiger partial charge in [0.05, 0.1) is 0 Å². The minimum Gasteiger partial charge on any atom is -0.147 e. The van der Waals surface area contributed by atoms with Gasteiger partial charge in [-0.1, -0.05) is 0 Å². The van der Waals surface area contributed by atoms with Crippen molar-refractivity contribution in [3.63, 3.8) is 0 Å². The van der Waals surface area contributed by atoms with Gasteiger partial charge in [0.15, 0.2) is 0 Å². The maximum atomic E-state index is 13.8. The van der Waals surface area contributed by atoms with Gasteiger partial charge >= 0.3 is 239 Å². The zero-order valence-electron chi connectivity index (χ0n) is 23.7. The largest absolute Gasteiger partial charge is 0.147 e. The van der Waals surface area contributed by atoms with Crippen LogP contribution < -0.4 is 6.54 Å². The molecule has 0 bridgehead atoms. The molecule has 0 saturated heterocycles. The summed E-state index contributed by atoms with van der Waals surface area (Å²) in [4.78, 5) is 0. The van der Waals surface area contributed by atoms with Crippen molar-refractivity contribution in [1.29, 1.82) is 0 Å². The first-order valence-corrected chi connectivity index (χ1v) is 24.6. The number of benzene rings is 4. The van der Waals surface area contributed by atoms with Gasteiger partial charge in [-0.15, -0.1) is 24.8 Å². The van der Waals surface area contributed by atoms with Gasteiger partial charge in [0.25, 0.3) is 0 Å². The molecule has 2 aliphatic rings. The van der Waals surface area contributed by atoms with Gasteiger partial charge in [0.1, 0.15) is 0 Å². The molecule has 6 rings (SSSR count). The molecule has 0 aromatic heterocycles. The molecule has 0 aliphatic heterocycles. The number of hydrogen-bond donors (Lipinski definition) is 0. The maximum absolute atomic E-state index is 13.8. The SMILES string of the molecule is CC1=[C]([Zr](=[SiH2])([C]2=C(C)C(c3ccc(F)cc3)=CC2)([c]2ccccc2)[c]2ccccc2)CC=C1c1ccc(F)cc1.Cl.Cl. The van der Waals surface area contributed by atoms with Gasteiger partial charge in [-0.05, 0) is 0 Å².